The molecule has 0 saturated carbocycles. The third-order valence-corrected chi connectivity index (χ3v) is 4.40. The number of nitrogens with zero attached hydrogens (tertiary/aromatic N) is 4. The SMILES string of the molecule is Cc1ccc2nc(CSc3ncc4ccccn34)cn2c1. The summed E-state index contributed by atoms with van der Waals surface area (Å²) in [6.45, 7) is 2.09. The van der Waals surface area contributed by atoms with Crippen LogP contribution in [0.2, 0.25) is 0 Å². The van der Waals surface area contributed by atoms with Crippen molar-refractivity contribution in [3.8, 4) is 0 Å². The Morgan fingerprint density at radius 2 is 2.10 bits per heavy atom. The molecule has 4 nitrogen and oxygen atoms in total. The van der Waals surface area contributed by atoms with Crippen LogP contribution in [0.25, 0.3) is 11.2 Å². The van der Waals surface area contributed by atoms with Crippen LogP contribution >= 0.6 is 11.8 Å². The van der Waals surface area contributed by atoms with Crippen molar-refractivity contribution in [2.24, 2.45) is 0 Å². The maximum atomic E-state index is 4.64. The molecule has 0 aliphatic heterocycles. The van der Waals surface area contributed by atoms with Gasteiger partial charge in [0.25, 0.3) is 0 Å². The van der Waals surface area contributed by atoms with E-state index in [1.54, 1.807) is 11.8 Å². The van der Waals surface area contributed by atoms with E-state index in [0.29, 0.717) is 0 Å². The summed E-state index contributed by atoms with van der Waals surface area (Å²) in [5, 5.41) is 0.999. The van der Waals surface area contributed by atoms with Gasteiger partial charge in [-0.1, -0.05) is 23.9 Å². The first-order chi connectivity index (χ1) is 10.3. The lowest BCUT2D eigenvalue weighted by Crippen LogP contribution is -1.87. The van der Waals surface area contributed by atoms with Crippen LogP contribution in [-0.4, -0.2) is 18.8 Å². The van der Waals surface area contributed by atoms with Gasteiger partial charge in [-0.15, -0.1) is 0 Å². The highest BCUT2D eigenvalue weighted by Crippen LogP contribution is 2.22. The summed E-state index contributed by atoms with van der Waals surface area (Å²) in [4.78, 5) is 9.11. The van der Waals surface area contributed by atoms with Gasteiger partial charge in [-0.25, -0.2) is 9.97 Å². The van der Waals surface area contributed by atoms with Gasteiger partial charge >= 0.3 is 0 Å². The van der Waals surface area contributed by atoms with E-state index in [9.17, 15) is 0 Å². The summed E-state index contributed by atoms with van der Waals surface area (Å²) < 4.78 is 4.18. The normalized spacial score (nSPS) is 11.5. The molecule has 21 heavy (non-hydrogen) atoms. The van der Waals surface area contributed by atoms with Crippen molar-refractivity contribution >= 4 is 22.9 Å². The highest BCUT2D eigenvalue weighted by atomic mass is 32.2. The number of imidazole rings is 2. The highest BCUT2D eigenvalue weighted by molar-refractivity contribution is 7.98. The van der Waals surface area contributed by atoms with Gasteiger partial charge in [0.1, 0.15) is 5.65 Å². The molecular formula is C16H14N4S. The second-order valence-electron chi connectivity index (χ2n) is 5.03. The molecule has 4 rings (SSSR count). The molecule has 0 radical (unpaired) electrons. The van der Waals surface area contributed by atoms with Crippen molar-refractivity contribution in [3.05, 3.63) is 66.4 Å². The Morgan fingerprint density at radius 1 is 1.14 bits per heavy atom. The molecule has 104 valence electrons. The zero-order valence-electron chi connectivity index (χ0n) is 11.6. The summed E-state index contributed by atoms with van der Waals surface area (Å²) in [5.41, 5.74) is 4.41. The van der Waals surface area contributed by atoms with Crippen LogP contribution in [0.4, 0.5) is 0 Å². The van der Waals surface area contributed by atoms with Crippen LogP contribution in [-0.2, 0) is 5.75 Å². The van der Waals surface area contributed by atoms with E-state index in [4.69, 9.17) is 0 Å². The van der Waals surface area contributed by atoms with E-state index >= 15 is 0 Å². The lowest BCUT2D eigenvalue weighted by Gasteiger charge is -1.98. The molecule has 0 fully saturated rings. The van der Waals surface area contributed by atoms with Gasteiger partial charge in [0.15, 0.2) is 5.16 Å². The van der Waals surface area contributed by atoms with Crippen molar-refractivity contribution in [1.29, 1.82) is 0 Å². The largest absolute Gasteiger partial charge is 0.307 e. The van der Waals surface area contributed by atoms with E-state index in [1.807, 2.05) is 24.5 Å². The molecule has 0 spiro atoms. The first kappa shape index (κ1) is 12.5. The van der Waals surface area contributed by atoms with Gasteiger partial charge in [-0.05, 0) is 30.7 Å². The van der Waals surface area contributed by atoms with Gasteiger partial charge in [-0.3, -0.25) is 4.40 Å². The monoisotopic (exact) mass is 294 g/mol. The maximum Gasteiger partial charge on any atom is 0.172 e. The van der Waals surface area contributed by atoms with Crippen molar-refractivity contribution in [2.75, 3.05) is 0 Å². The van der Waals surface area contributed by atoms with Gasteiger partial charge in [0.2, 0.25) is 0 Å². The molecule has 4 heterocycles. The Hall–Kier alpha value is -2.27. The molecule has 5 heteroatoms. The topological polar surface area (TPSA) is 34.6 Å². The summed E-state index contributed by atoms with van der Waals surface area (Å²) in [5.74, 6) is 0.814. The van der Waals surface area contributed by atoms with E-state index in [0.717, 1.165) is 27.8 Å². The fraction of sp³-hybridized carbons (Fsp3) is 0.125. The van der Waals surface area contributed by atoms with Gasteiger partial charge in [0, 0.05) is 24.3 Å². The summed E-state index contributed by atoms with van der Waals surface area (Å²) >= 11 is 1.71. The fourth-order valence-corrected chi connectivity index (χ4v) is 3.24. The minimum absolute atomic E-state index is 0.814. The van der Waals surface area contributed by atoms with Crippen LogP contribution in [0.3, 0.4) is 0 Å². The molecule has 4 aromatic heterocycles. The number of hydrogen-bond donors (Lipinski definition) is 0. The first-order valence-electron chi connectivity index (χ1n) is 6.79. The molecule has 0 aliphatic rings. The smallest absolute Gasteiger partial charge is 0.172 e. The second-order valence-corrected chi connectivity index (χ2v) is 5.97. The van der Waals surface area contributed by atoms with Gasteiger partial charge in [0.05, 0.1) is 17.4 Å². The minimum atomic E-state index is 0.814. The zero-order chi connectivity index (χ0) is 14.2. The quantitative estimate of drug-likeness (QED) is 0.542. The van der Waals surface area contributed by atoms with Crippen molar-refractivity contribution in [1.82, 2.24) is 18.8 Å². The molecule has 0 aliphatic carbocycles. The van der Waals surface area contributed by atoms with Gasteiger partial charge in [-0.2, -0.15) is 0 Å². The van der Waals surface area contributed by atoms with Crippen LogP contribution in [0, 0.1) is 6.92 Å². The van der Waals surface area contributed by atoms with E-state index in [2.05, 4.69) is 56.3 Å². The Morgan fingerprint density at radius 3 is 3.05 bits per heavy atom. The molecule has 4 aromatic rings. The average molecular weight is 294 g/mol. The number of pyridine rings is 2. The average Bonchev–Trinajstić information content (AvgIpc) is 3.08. The third kappa shape index (κ3) is 2.29. The third-order valence-electron chi connectivity index (χ3n) is 3.40. The fourth-order valence-electron chi connectivity index (χ4n) is 2.39. The zero-order valence-corrected chi connectivity index (χ0v) is 12.4. The molecular weight excluding hydrogens is 280 g/mol. The predicted molar refractivity (Wildman–Crippen MR) is 84.7 cm³/mol. The molecule has 0 atom stereocenters. The Kier molecular flexibility index (Phi) is 2.93. The van der Waals surface area contributed by atoms with E-state index in [-0.39, 0.29) is 0 Å². The van der Waals surface area contributed by atoms with Crippen LogP contribution in [0.1, 0.15) is 11.3 Å². The second kappa shape index (κ2) is 4.93. The Balaban J connectivity index is 1.60. The Labute approximate surface area is 126 Å². The maximum absolute atomic E-state index is 4.64. The molecule has 0 bridgehead atoms. The van der Waals surface area contributed by atoms with E-state index in [1.165, 1.54) is 5.56 Å². The minimum Gasteiger partial charge on any atom is -0.307 e. The number of aromatic nitrogens is 4. The predicted octanol–water partition coefficient (Wildman–Crippen LogP) is 3.58. The van der Waals surface area contributed by atoms with Crippen LogP contribution in [0.5, 0.6) is 0 Å². The standard InChI is InChI=1S/C16H14N4S/c1-12-5-6-15-18-13(10-19(15)9-12)11-21-16-17-8-14-4-2-3-7-20(14)16/h2-10H,11H2,1H3. The van der Waals surface area contributed by atoms with Gasteiger partial charge < -0.3 is 4.40 Å². The first-order valence-corrected chi connectivity index (χ1v) is 7.77. The Bertz CT molecular complexity index is 922. The van der Waals surface area contributed by atoms with Crippen LogP contribution in [0.15, 0.2) is 60.3 Å². The highest BCUT2D eigenvalue weighted by Gasteiger charge is 2.06. The number of fused-ring (bicyclic) bond motifs is 2. The molecule has 0 saturated heterocycles. The molecule has 0 N–H and O–H groups in total. The lowest BCUT2D eigenvalue weighted by molar-refractivity contribution is 0.956. The lowest BCUT2D eigenvalue weighted by atomic mass is 10.3. The number of thioether (sulfide) groups is 1. The number of hydrogen-bond acceptors (Lipinski definition) is 3. The van der Waals surface area contributed by atoms with Crippen LogP contribution < -0.4 is 0 Å². The van der Waals surface area contributed by atoms with Crippen molar-refractivity contribution in [2.45, 2.75) is 17.8 Å². The number of rotatable bonds is 3. The summed E-state index contributed by atoms with van der Waals surface area (Å²) in [7, 11) is 0. The number of aryl methyl sites for hydroxylation is 1. The van der Waals surface area contributed by atoms with E-state index < -0.39 is 0 Å². The molecule has 0 unspecified atom stereocenters. The molecule has 0 aromatic carbocycles. The van der Waals surface area contributed by atoms with Crippen molar-refractivity contribution < 1.29 is 0 Å². The molecule has 0 amide bonds. The van der Waals surface area contributed by atoms with Crippen molar-refractivity contribution in [3.63, 3.8) is 0 Å². The summed E-state index contributed by atoms with van der Waals surface area (Å²) in [6.07, 6.45) is 8.12. The summed E-state index contributed by atoms with van der Waals surface area (Å²) in [6, 6.07) is 10.2.